The molecule has 2 aliphatic rings. The highest BCUT2D eigenvalue weighted by molar-refractivity contribution is 7.26. The van der Waals surface area contributed by atoms with Gasteiger partial charge in [0.25, 0.3) is 0 Å². The van der Waals surface area contributed by atoms with E-state index in [9.17, 15) is 0 Å². The lowest BCUT2D eigenvalue weighted by Gasteiger charge is -2.30. The number of aromatic nitrogens is 2. The van der Waals surface area contributed by atoms with Crippen molar-refractivity contribution < 1.29 is 0 Å². The van der Waals surface area contributed by atoms with Crippen molar-refractivity contribution in [2.24, 2.45) is 0 Å². The van der Waals surface area contributed by atoms with Gasteiger partial charge >= 0.3 is 0 Å². The Morgan fingerprint density at radius 2 is 0.932 bits per heavy atom. The van der Waals surface area contributed by atoms with Gasteiger partial charge in [-0.3, -0.25) is 0 Å². The lowest BCUT2D eigenvalue weighted by Crippen LogP contribution is -2.26. The molecule has 0 saturated carbocycles. The molecule has 11 aromatic carbocycles. The molecule has 2 nitrogen and oxygen atoms in total. The fraction of sp³-hybridized carbons (Fsp3) is 0.0286. The molecule has 0 bridgehead atoms. The first-order valence-electron chi connectivity index (χ1n) is 25.5. The molecule has 74 heavy (non-hydrogen) atoms. The number of nitrogens with zero attached hydrogens (tertiary/aromatic N) is 2. The summed E-state index contributed by atoms with van der Waals surface area (Å²) in [5, 5.41) is 15.9. The number of hydrogen-bond donors (Lipinski definition) is 0. The molecule has 0 saturated heterocycles. The van der Waals surface area contributed by atoms with Crippen molar-refractivity contribution in [3.8, 4) is 33.6 Å². The fourth-order valence-corrected chi connectivity index (χ4v) is 16.2. The molecule has 4 heterocycles. The highest BCUT2D eigenvalue weighted by atomic mass is 32.1. The molecule has 0 atom stereocenters. The third-order valence-electron chi connectivity index (χ3n) is 16.8. The lowest BCUT2D eigenvalue weighted by molar-refractivity contribution is 0.795. The van der Waals surface area contributed by atoms with Crippen LogP contribution >= 0.6 is 22.7 Å². The largest absolute Gasteiger partial charge is 0.307 e. The number of rotatable bonds is 2. The summed E-state index contributed by atoms with van der Waals surface area (Å²) in [7, 11) is 0. The van der Waals surface area contributed by atoms with Gasteiger partial charge in [0.1, 0.15) is 0 Å². The number of thiophene rings is 2. The first kappa shape index (κ1) is 40.8. The van der Waals surface area contributed by atoms with Crippen LogP contribution in [0.1, 0.15) is 29.2 Å². The van der Waals surface area contributed by atoms with Gasteiger partial charge in [0, 0.05) is 62.9 Å². The van der Waals surface area contributed by atoms with Crippen LogP contribution in [-0.2, 0) is 5.41 Å². The van der Waals surface area contributed by atoms with E-state index in [2.05, 4.69) is 241 Å². The van der Waals surface area contributed by atoms with Crippen molar-refractivity contribution >= 4 is 119 Å². The van der Waals surface area contributed by atoms with Crippen molar-refractivity contribution in [2.75, 3.05) is 0 Å². The van der Waals surface area contributed by atoms with E-state index in [4.69, 9.17) is 6.58 Å². The summed E-state index contributed by atoms with van der Waals surface area (Å²) in [5.74, 6) is 0. The van der Waals surface area contributed by atoms with Crippen LogP contribution in [0.15, 0.2) is 218 Å². The predicted molar refractivity (Wildman–Crippen MR) is 316 cm³/mol. The maximum atomic E-state index is 5.08. The Kier molecular flexibility index (Phi) is 8.08. The zero-order chi connectivity index (χ0) is 48.6. The van der Waals surface area contributed by atoms with Crippen LogP contribution in [0, 0.1) is 10.6 Å². The maximum absolute atomic E-state index is 5.08. The van der Waals surface area contributed by atoms with E-state index in [0.717, 1.165) is 21.5 Å². The number of benzene rings is 11. The van der Waals surface area contributed by atoms with E-state index in [1.54, 1.807) is 0 Å². The molecule has 2 aliphatic carbocycles. The summed E-state index contributed by atoms with van der Waals surface area (Å²) < 4.78 is 10.4. The topological polar surface area (TPSA) is 9.86 Å². The standard InChI is InChI=1S/C70H42N2S2/c1-3-41-18-4-6-20-43(41)66-40(2)52-36-53-54-37-55-49-35-34-42-19-5-7-21-44(42)67(49)72(61-31-17-27-51-48-25-11-15-33-65(48)74-69(51)61)63(55)39-59(54)70(56-28-12-8-22-45(56)46-23-9-13-29-57(46)70)58(53)38-62(52)71(66)60-30-16-26-50-47-24-10-14-32-64(47)73-68(50)60/h3-39H,2H2,1H3/b41-3-,66-43+. The van der Waals surface area contributed by atoms with E-state index in [1.807, 2.05) is 22.7 Å². The summed E-state index contributed by atoms with van der Waals surface area (Å²) in [6.07, 6.45) is 2.24. The van der Waals surface area contributed by atoms with Gasteiger partial charge < -0.3 is 9.13 Å². The van der Waals surface area contributed by atoms with Crippen LogP contribution in [0.3, 0.4) is 0 Å². The Labute approximate surface area is 433 Å². The molecule has 344 valence electrons. The molecular formula is C70H42N2S2. The van der Waals surface area contributed by atoms with E-state index < -0.39 is 5.41 Å². The molecule has 17 rings (SSSR count). The average molecular weight is 975 g/mol. The van der Waals surface area contributed by atoms with Gasteiger partial charge in [-0.15, -0.1) is 22.7 Å². The zero-order valence-electron chi connectivity index (χ0n) is 40.3. The SMILES string of the molecule is C=c1/c(=c2/cccc/c2=C/C)n(-c2cccc3c2sc2ccccc23)c2cc3c(cc12)-c1cc2c4ccc5ccccc5c4n(-c4cccc5c4sc4ccccc45)c2cc1C31c2ccccc2-c2ccccc21. The van der Waals surface area contributed by atoms with Crippen molar-refractivity contribution in [3.63, 3.8) is 0 Å². The number of fused-ring (bicyclic) bond motifs is 22. The second-order valence-corrected chi connectivity index (χ2v) is 22.3. The van der Waals surface area contributed by atoms with Crippen LogP contribution in [-0.4, -0.2) is 9.13 Å². The summed E-state index contributed by atoms with van der Waals surface area (Å²) >= 11 is 3.78. The molecule has 4 aromatic heterocycles. The van der Waals surface area contributed by atoms with E-state index in [1.165, 1.54) is 139 Å². The van der Waals surface area contributed by atoms with Crippen molar-refractivity contribution in [3.05, 3.63) is 262 Å². The lowest BCUT2D eigenvalue weighted by atomic mass is 9.70. The molecule has 0 aliphatic heterocycles. The summed E-state index contributed by atoms with van der Waals surface area (Å²) in [4.78, 5) is 0. The molecule has 0 amide bonds. The van der Waals surface area contributed by atoms with Gasteiger partial charge in [-0.1, -0.05) is 183 Å². The van der Waals surface area contributed by atoms with Crippen LogP contribution in [0.25, 0.3) is 130 Å². The van der Waals surface area contributed by atoms with Crippen molar-refractivity contribution in [1.82, 2.24) is 9.13 Å². The average Bonchev–Trinajstić information content (AvgIpc) is 4.44. The van der Waals surface area contributed by atoms with Crippen LogP contribution in [0.2, 0.25) is 0 Å². The van der Waals surface area contributed by atoms with Gasteiger partial charge in [0.15, 0.2) is 0 Å². The number of hydrogen-bond acceptors (Lipinski definition) is 2. The Balaban J connectivity index is 1.07. The third kappa shape index (κ3) is 5.04. The van der Waals surface area contributed by atoms with Crippen LogP contribution in [0.4, 0.5) is 0 Å². The zero-order valence-corrected chi connectivity index (χ0v) is 41.9. The smallest absolute Gasteiger partial charge is 0.0727 e. The minimum atomic E-state index is -0.622. The molecule has 0 radical (unpaired) electrons. The van der Waals surface area contributed by atoms with E-state index >= 15 is 0 Å². The monoisotopic (exact) mass is 974 g/mol. The second kappa shape index (κ2) is 14.7. The first-order chi connectivity index (χ1) is 36.6. The predicted octanol–water partition coefficient (Wildman–Crippen LogP) is 17.5. The summed E-state index contributed by atoms with van der Waals surface area (Å²) in [6, 6.07) is 82.7. The minimum Gasteiger partial charge on any atom is -0.307 e. The molecular weight excluding hydrogens is 933 g/mol. The summed E-state index contributed by atoms with van der Waals surface area (Å²) in [5.41, 5.74) is 15.8. The third-order valence-corrected chi connectivity index (χ3v) is 19.2. The highest BCUT2D eigenvalue weighted by Gasteiger charge is 2.52. The van der Waals surface area contributed by atoms with Gasteiger partial charge in [0.2, 0.25) is 0 Å². The second-order valence-electron chi connectivity index (χ2n) is 20.2. The Morgan fingerprint density at radius 3 is 1.59 bits per heavy atom. The molecule has 1 spiro atoms. The first-order valence-corrected chi connectivity index (χ1v) is 27.2. The normalized spacial score (nSPS) is 14.2. The molecule has 0 N–H and O–H groups in total. The van der Waals surface area contributed by atoms with Gasteiger partial charge in [-0.05, 0) is 111 Å². The van der Waals surface area contributed by atoms with Gasteiger partial charge in [-0.25, -0.2) is 0 Å². The molecule has 15 aromatic rings. The molecule has 0 fully saturated rings. The fourth-order valence-electron chi connectivity index (χ4n) is 13.8. The van der Waals surface area contributed by atoms with Gasteiger partial charge in [0.05, 0.1) is 48.1 Å². The van der Waals surface area contributed by atoms with E-state index in [-0.39, 0.29) is 0 Å². The highest BCUT2D eigenvalue weighted by Crippen LogP contribution is 2.64. The Morgan fingerprint density at radius 1 is 0.405 bits per heavy atom. The molecule has 0 unspecified atom stereocenters. The van der Waals surface area contributed by atoms with Crippen molar-refractivity contribution in [1.29, 1.82) is 0 Å². The maximum Gasteiger partial charge on any atom is 0.0727 e. The van der Waals surface area contributed by atoms with E-state index in [0.29, 0.717) is 0 Å². The van der Waals surface area contributed by atoms with Crippen LogP contribution in [0.5, 0.6) is 0 Å². The minimum absolute atomic E-state index is 0.622. The van der Waals surface area contributed by atoms with Crippen molar-refractivity contribution in [2.45, 2.75) is 12.3 Å². The Bertz CT molecular complexity index is 5210. The van der Waals surface area contributed by atoms with Gasteiger partial charge in [-0.2, -0.15) is 0 Å². The Hall–Kier alpha value is -8.80. The molecule has 4 heteroatoms. The van der Waals surface area contributed by atoms with Crippen LogP contribution < -0.4 is 10.4 Å². The quantitative estimate of drug-likeness (QED) is 0.163. The summed E-state index contributed by atoms with van der Waals surface area (Å²) in [6.45, 7) is 7.22.